The van der Waals surface area contributed by atoms with Crippen LogP contribution in [0, 0.1) is 0 Å². The summed E-state index contributed by atoms with van der Waals surface area (Å²) in [6, 6.07) is 17.4. The average molecular weight is 224 g/mol. The van der Waals surface area contributed by atoms with Gasteiger partial charge in [0.25, 0.3) is 0 Å². The highest BCUT2D eigenvalue weighted by atomic mass is 15.1. The predicted molar refractivity (Wildman–Crippen MR) is 72.0 cm³/mol. The number of benzene rings is 1. The Hall–Kier alpha value is -1.47. The highest BCUT2D eigenvalue weighted by Gasteiger charge is 2.11. The van der Waals surface area contributed by atoms with Crippen LogP contribution in [0.25, 0.3) is 11.1 Å². The van der Waals surface area contributed by atoms with Crippen molar-refractivity contribution in [3.05, 3.63) is 54.1 Å². The number of hydrogen-bond acceptors (Lipinski definition) is 1. The largest absolute Gasteiger partial charge is 0.308 e. The second-order valence-electron chi connectivity index (χ2n) is 4.81. The van der Waals surface area contributed by atoms with Crippen LogP contribution in [0.5, 0.6) is 0 Å². The van der Waals surface area contributed by atoms with E-state index in [0.29, 0.717) is 0 Å². The zero-order valence-electron chi connectivity index (χ0n) is 10.1. The fourth-order valence-corrected chi connectivity index (χ4v) is 2.68. The lowest BCUT2D eigenvalue weighted by molar-refractivity contribution is 0.332. The third kappa shape index (κ3) is 2.29. The smallest absolute Gasteiger partial charge is 0.00233 e. The van der Waals surface area contributed by atoms with Gasteiger partial charge in [0.2, 0.25) is 0 Å². The van der Waals surface area contributed by atoms with Gasteiger partial charge < -0.3 is 4.90 Å². The maximum atomic E-state index is 2.56. The second kappa shape index (κ2) is 4.80. The first kappa shape index (κ1) is 10.7. The quantitative estimate of drug-likeness (QED) is 0.719. The Balaban J connectivity index is 1.84. The lowest BCUT2D eigenvalue weighted by atomic mass is 10.0. The molecular formula is C16H18N-. The van der Waals surface area contributed by atoms with Crippen molar-refractivity contribution in [3.63, 3.8) is 0 Å². The monoisotopic (exact) mass is 224 g/mol. The van der Waals surface area contributed by atoms with Gasteiger partial charge in [0.1, 0.15) is 0 Å². The lowest BCUT2D eigenvalue weighted by Crippen LogP contribution is -2.18. The molecule has 2 aromatic rings. The van der Waals surface area contributed by atoms with E-state index in [1.165, 1.54) is 42.6 Å². The van der Waals surface area contributed by atoms with Crippen LogP contribution < -0.4 is 0 Å². The van der Waals surface area contributed by atoms with E-state index in [-0.39, 0.29) is 0 Å². The summed E-state index contributed by atoms with van der Waals surface area (Å²) in [6.07, 6.45) is 2.72. The molecule has 0 bridgehead atoms. The Morgan fingerprint density at radius 2 is 1.71 bits per heavy atom. The van der Waals surface area contributed by atoms with Crippen LogP contribution >= 0.6 is 0 Å². The van der Waals surface area contributed by atoms with Crippen LogP contribution in [0.2, 0.25) is 0 Å². The van der Waals surface area contributed by atoms with Crippen molar-refractivity contribution >= 4 is 0 Å². The Morgan fingerprint density at radius 1 is 0.941 bits per heavy atom. The van der Waals surface area contributed by atoms with Gasteiger partial charge in [-0.05, 0) is 32.5 Å². The van der Waals surface area contributed by atoms with Crippen LogP contribution in [0.15, 0.2) is 48.5 Å². The standard InChI is InChI=1S/C16H18N/c1-2-7-14(8-3-1)16-10-6-9-15(16)13-17-11-4-5-12-17/h1-3,6-10H,4-5,11-13H2/q-1. The zero-order chi connectivity index (χ0) is 11.5. The first-order valence-electron chi connectivity index (χ1n) is 6.46. The van der Waals surface area contributed by atoms with Gasteiger partial charge in [0.15, 0.2) is 0 Å². The molecule has 0 aromatic heterocycles. The molecule has 1 heterocycles. The second-order valence-corrected chi connectivity index (χ2v) is 4.81. The van der Waals surface area contributed by atoms with Crippen molar-refractivity contribution in [3.8, 4) is 11.1 Å². The van der Waals surface area contributed by atoms with Gasteiger partial charge >= 0.3 is 0 Å². The molecule has 0 atom stereocenters. The van der Waals surface area contributed by atoms with Gasteiger partial charge in [-0.1, -0.05) is 35.9 Å². The molecule has 1 aliphatic heterocycles. The van der Waals surface area contributed by atoms with Crippen LogP contribution in [0.4, 0.5) is 0 Å². The maximum absolute atomic E-state index is 2.56. The third-order valence-corrected chi connectivity index (χ3v) is 3.58. The Labute approximate surface area is 103 Å². The Kier molecular flexibility index (Phi) is 3.02. The fourth-order valence-electron chi connectivity index (χ4n) is 2.68. The summed E-state index contributed by atoms with van der Waals surface area (Å²) in [5.41, 5.74) is 4.21. The molecule has 0 spiro atoms. The van der Waals surface area contributed by atoms with Crippen LogP contribution in [0.1, 0.15) is 18.4 Å². The molecule has 1 fully saturated rings. The molecule has 3 rings (SSSR count). The Morgan fingerprint density at radius 3 is 2.47 bits per heavy atom. The first-order chi connectivity index (χ1) is 8.43. The molecule has 0 saturated carbocycles. The summed E-state index contributed by atoms with van der Waals surface area (Å²) < 4.78 is 0. The van der Waals surface area contributed by atoms with Crippen LogP contribution in [-0.4, -0.2) is 18.0 Å². The minimum absolute atomic E-state index is 1.11. The SMILES string of the molecule is c1ccc(-c2ccc[c-]2CN2CCCC2)cc1. The molecule has 0 amide bonds. The normalized spacial score (nSPS) is 16.5. The molecule has 0 N–H and O–H groups in total. The van der Waals surface area contributed by atoms with E-state index in [1.54, 1.807) is 0 Å². The topological polar surface area (TPSA) is 3.24 Å². The van der Waals surface area contributed by atoms with Gasteiger partial charge in [-0.15, -0.1) is 17.2 Å². The minimum Gasteiger partial charge on any atom is -0.308 e. The summed E-state index contributed by atoms with van der Waals surface area (Å²) in [6.45, 7) is 3.63. The van der Waals surface area contributed by atoms with E-state index < -0.39 is 0 Å². The third-order valence-electron chi connectivity index (χ3n) is 3.58. The summed E-state index contributed by atoms with van der Waals surface area (Å²) in [7, 11) is 0. The summed E-state index contributed by atoms with van der Waals surface area (Å²) in [5.74, 6) is 0. The molecule has 1 aliphatic rings. The Bertz CT molecular complexity index is 463. The first-order valence-corrected chi connectivity index (χ1v) is 6.46. The van der Waals surface area contributed by atoms with E-state index in [1.807, 2.05) is 0 Å². The highest BCUT2D eigenvalue weighted by Crippen LogP contribution is 2.26. The van der Waals surface area contributed by atoms with Gasteiger partial charge in [0.05, 0.1) is 0 Å². The number of rotatable bonds is 3. The maximum Gasteiger partial charge on any atom is -0.00233 e. The predicted octanol–water partition coefficient (Wildman–Crippen LogP) is 3.67. The van der Waals surface area contributed by atoms with Gasteiger partial charge in [-0.25, -0.2) is 0 Å². The highest BCUT2D eigenvalue weighted by molar-refractivity contribution is 5.68. The molecule has 1 nitrogen and oxygen atoms in total. The average Bonchev–Trinajstić information content (AvgIpc) is 3.02. The van der Waals surface area contributed by atoms with Crippen molar-refractivity contribution in [2.24, 2.45) is 0 Å². The number of hydrogen-bond donors (Lipinski definition) is 0. The lowest BCUT2D eigenvalue weighted by Gasteiger charge is -2.19. The zero-order valence-corrected chi connectivity index (χ0v) is 10.1. The van der Waals surface area contributed by atoms with Crippen molar-refractivity contribution in [2.75, 3.05) is 13.1 Å². The molecule has 0 aliphatic carbocycles. The number of likely N-dealkylation sites (tertiary alicyclic amines) is 1. The van der Waals surface area contributed by atoms with E-state index >= 15 is 0 Å². The van der Waals surface area contributed by atoms with E-state index in [2.05, 4.69) is 53.4 Å². The van der Waals surface area contributed by atoms with Gasteiger partial charge in [-0.2, -0.15) is 12.1 Å². The summed E-state index contributed by atoms with van der Waals surface area (Å²) in [5, 5.41) is 0. The summed E-state index contributed by atoms with van der Waals surface area (Å²) in [4.78, 5) is 2.56. The van der Waals surface area contributed by atoms with Crippen LogP contribution in [-0.2, 0) is 6.54 Å². The van der Waals surface area contributed by atoms with Gasteiger partial charge in [-0.3, -0.25) is 0 Å². The minimum atomic E-state index is 1.11. The van der Waals surface area contributed by atoms with Crippen molar-refractivity contribution in [1.82, 2.24) is 4.90 Å². The van der Waals surface area contributed by atoms with Crippen molar-refractivity contribution in [1.29, 1.82) is 0 Å². The van der Waals surface area contributed by atoms with Crippen LogP contribution in [0.3, 0.4) is 0 Å². The van der Waals surface area contributed by atoms with E-state index in [0.717, 1.165) is 6.54 Å². The van der Waals surface area contributed by atoms with E-state index in [9.17, 15) is 0 Å². The molecule has 0 radical (unpaired) electrons. The van der Waals surface area contributed by atoms with Crippen molar-refractivity contribution < 1.29 is 0 Å². The molecule has 88 valence electrons. The molecule has 17 heavy (non-hydrogen) atoms. The molecule has 1 saturated heterocycles. The van der Waals surface area contributed by atoms with Gasteiger partial charge in [0, 0.05) is 0 Å². The fraction of sp³-hybridized carbons (Fsp3) is 0.312. The molecule has 2 aromatic carbocycles. The molecule has 1 heteroatoms. The molecular weight excluding hydrogens is 206 g/mol. The summed E-state index contributed by atoms with van der Waals surface area (Å²) >= 11 is 0. The number of nitrogens with zero attached hydrogens (tertiary/aromatic N) is 1. The van der Waals surface area contributed by atoms with Crippen molar-refractivity contribution in [2.45, 2.75) is 19.4 Å². The van der Waals surface area contributed by atoms with E-state index in [4.69, 9.17) is 0 Å². The molecule has 0 unspecified atom stereocenters.